The molecule has 2 nitrogen and oxygen atoms in total. The summed E-state index contributed by atoms with van der Waals surface area (Å²) in [4.78, 5) is 0. The maximum absolute atomic E-state index is 10.5. The Kier molecular flexibility index (Phi) is 3.10. The first kappa shape index (κ1) is 11.8. The van der Waals surface area contributed by atoms with Crippen molar-refractivity contribution < 1.29 is 9.84 Å². The third-order valence-electron chi connectivity index (χ3n) is 3.24. The molecule has 2 aromatic rings. The summed E-state index contributed by atoms with van der Waals surface area (Å²) < 4.78 is 6.55. The number of hydrogen-bond donors (Lipinski definition) is 1. The molecule has 2 aromatic carbocycles. The summed E-state index contributed by atoms with van der Waals surface area (Å²) in [6.45, 7) is 0.703. The second-order valence-electron chi connectivity index (χ2n) is 4.36. The monoisotopic (exact) mass is 304 g/mol. The van der Waals surface area contributed by atoms with Crippen LogP contribution in [0.3, 0.4) is 0 Å². The Morgan fingerprint density at radius 3 is 2.67 bits per heavy atom. The van der Waals surface area contributed by atoms with Crippen LogP contribution in [0.1, 0.15) is 22.8 Å². The normalized spacial score (nSPS) is 15.0. The first-order chi connectivity index (χ1) is 8.77. The van der Waals surface area contributed by atoms with Gasteiger partial charge in [0.25, 0.3) is 0 Å². The molecule has 0 radical (unpaired) electrons. The van der Waals surface area contributed by atoms with Gasteiger partial charge >= 0.3 is 0 Å². The number of halogens is 1. The smallest absolute Gasteiger partial charge is 0.128 e. The van der Waals surface area contributed by atoms with Gasteiger partial charge in [0.2, 0.25) is 0 Å². The van der Waals surface area contributed by atoms with Gasteiger partial charge in [-0.15, -0.1) is 0 Å². The van der Waals surface area contributed by atoms with Crippen LogP contribution < -0.4 is 4.74 Å². The zero-order valence-electron chi connectivity index (χ0n) is 9.77. The van der Waals surface area contributed by atoms with Crippen molar-refractivity contribution in [2.75, 3.05) is 6.61 Å². The first-order valence-corrected chi connectivity index (χ1v) is 6.74. The van der Waals surface area contributed by atoms with E-state index in [0.717, 1.165) is 27.8 Å². The molecule has 92 valence electrons. The van der Waals surface area contributed by atoms with Crippen LogP contribution in [0.25, 0.3) is 0 Å². The molecule has 0 saturated carbocycles. The largest absolute Gasteiger partial charge is 0.493 e. The van der Waals surface area contributed by atoms with E-state index in [1.54, 1.807) is 0 Å². The summed E-state index contributed by atoms with van der Waals surface area (Å²) in [5.41, 5.74) is 2.89. The van der Waals surface area contributed by atoms with Crippen LogP contribution in [0.4, 0.5) is 0 Å². The van der Waals surface area contributed by atoms with E-state index in [1.807, 2.05) is 36.4 Å². The van der Waals surface area contributed by atoms with Crippen LogP contribution in [0.2, 0.25) is 0 Å². The highest BCUT2D eigenvalue weighted by atomic mass is 79.9. The van der Waals surface area contributed by atoms with E-state index in [4.69, 9.17) is 4.74 Å². The lowest BCUT2D eigenvalue weighted by molar-refractivity contribution is 0.213. The fourth-order valence-corrected chi connectivity index (χ4v) is 2.82. The van der Waals surface area contributed by atoms with Crippen molar-refractivity contribution in [3.8, 4) is 5.75 Å². The van der Waals surface area contributed by atoms with Crippen molar-refractivity contribution in [2.45, 2.75) is 12.5 Å². The molecule has 1 heterocycles. The molecule has 1 N–H and O–H groups in total. The Bertz CT molecular complexity index is 580. The third-order valence-corrected chi connectivity index (χ3v) is 3.96. The number of benzene rings is 2. The van der Waals surface area contributed by atoms with E-state index in [-0.39, 0.29) is 0 Å². The summed E-state index contributed by atoms with van der Waals surface area (Å²) in [7, 11) is 0. The quantitative estimate of drug-likeness (QED) is 0.920. The SMILES string of the molecule is OC(c1ccccc1Br)c1cccc2c1OCC2. The minimum absolute atomic E-state index is 0.659. The topological polar surface area (TPSA) is 29.5 Å². The lowest BCUT2D eigenvalue weighted by atomic mass is 9.98. The lowest BCUT2D eigenvalue weighted by Gasteiger charge is -2.16. The van der Waals surface area contributed by atoms with Crippen molar-refractivity contribution >= 4 is 15.9 Å². The van der Waals surface area contributed by atoms with Crippen LogP contribution in [0, 0.1) is 0 Å². The van der Waals surface area contributed by atoms with E-state index in [2.05, 4.69) is 22.0 Å². The number of fused-ring (bicyclic) bond motifs is 1. The second kappa shape index (κ2) is 4.75. The zero-order valence-corrected chi connectivity index (χ0v) is 11.4. The van der Waals surface area contributed by atoms with Crippen molar-refractivity contribution in [2.24, 2.45) is 0 Å². The highest BCUT2D eigenvalue weighted by molar-refractivity contribution is 9.10. The summed E-state index contributed by atoms with van der Waals surface area (Å²) >= 11 is 3.47. The molecule has 0 aromatic heterocycles. The Morgan fingerprint density at radius 1 is 1.06 bits per heavy atom. The molecule has 0 amide bonds. The molecular formula is C15H13BrO2. The van der Waals surface area contributed by atoms with Crippen molar-refractivity contribution in [3.05, 3.63) is 63.6 Å². The average molecular weight is 305 g/mol. The minimum Gasteiger partial charge on any atom is -0.493 e. The van der Waals surface area contributed by atoms with Crippen molar-refractivity contribution in [1.29, 1.82) is 0 Å². The number of ether oxygens (including phenoxy) is 1. The number of rotatable bonds is 2. The number of aliphatic hydroxyl groups excluding tert-OH is 1. The maximum Gasteiger partial charge on any atom is 0.128 e. The van der Waals surface area contributed by atoms with Crippen LogP contribution in [-0.4, -0.2) is 11.7 Å². The predicted octanol–water partition coefficient (Wildman–Crippen LogP) is 3.47. The van der Waals surface area contributed by atoms with Gasteiger partial charge in [-0.1, -0.05) is 52.3 Å². The van der Waals surface area contributed by atoms with Crippen LogP contribution >= 0.6 is 15.9 Å². The van der Waals surface area contributed by atoms with E-state index in [9.17, 15) is 5.11 Å². The molecule has 1 unspecified atom stereocenters. The average Bonchev–Trinajstić information content (AvgIpc) is 2.86. The van der Waals surface area contributed by atoms with Crippen molar-refractivity contribution in [1.82, 2.24) is 0 Å². The molecule has 0 saturated heterocycles. The number of aliphatic hydroxyl groups is 1. The van der Waals surface area contributed by atoms with Gasteiger partial charge in [-0.25, -0.2) is 0 Å². The second-order valence-corrected chi connectivity index (χ2v) is 5.21. The minimum atomic E-state index is -0.659. The summed E-state index contributed by atoms with van der Waals surface area (Å²) in [6.07, 6.45) is 0.264. The van der Waals surface area contributed by atoms with Crippen LogP contribution in [-0.2, 0) is 6.42 Å². The van der Waals surface area contributed by atoms with Gasteiger partial charge in [0.05, 0.1) is 6.61 Å². The highest BCUT2D eigenvalue weighted by Gasteiger charge is 2.22. The first-order valence-electron chi connectivity index (χ1n) is 5.94. The highest BCUT2D eigenvalue weighted by Crippen LogP contribution is 2.37. The molecule has 1 aliphatic heterocycles. The lowest BCUT2D eigenvalue weighted by Crippen LogP contribution is -2.02. The molecule has 3 heteroatoms. The Balaban J connectivity index is 2.06. The van der Waals surface area contributed by atoms with E-state index in [1.165, 1.54) is 5.56 Å². The van der Waals surface area contributed by atoms with Gasteiger partial charge in [0.15, 0.2) is 0 Å². The van der Waals surface area contributed by atoms with Gasteiger partial charge in [0.1, 0.15) is 11.9 Å². The number of para-hydroxylation sites is 1. The molecule has 3 rings (SSSR count). The van der Waals surface area contributed by atoms with Crippen LogP contribution in [0.5, 0.6) is 5.75 Å². The van der Waals surface area contributed by atoms with Gasteiger partial charge in [0, 0.05) is 16.5 Å². The fourth-order valence-electron chi connectivity index (χ4n) is 2.32. The molecule has 18 heavy (non-hydrogen) atoms. The molecular weight excluding hydrogens is 292 g/mol. The fraction of sp³-hybridized carbons (Fsp3) is 0.200. The van der Waals surface area contributed by atoms with E-state index >= 15 is 0 Å². The Hall–Kier alpha value is -1.32. The summed E-state index contributed by atoms with van der Waals surface area (Å²) in [6, 6.07) is 13.7. The van der Waals surface area contributed by atoms with Gasteiger partial charge in [-0.05, 0) is 17.2 Å². The van der Waals surface area contributed by atoms with Crippen molar-refractivity contribution in [3.63, 3.8) is 0 Å². The Morgan fingerprint density at radius 2 is 1.83 bits per heavy atom. The van der Waals surface area contributed by atoms with E-state index < -0.39 is 6.10 Å². The molecule has 0 fully saturated rings. The number of hydrogen-bond acceptors (Lipinski definition) is 2. The predicted molar refractivity (Wildman–Crippen MR) is 73.8 cm³/mol. The third kappa shape index (κ3) is 1.93. The molecule has 0 aliphatic carbocycles. The van der Waals surface area contributed by atoms with Gasteiger partial charge in [-0.2, -0.15) is 0 Å². The molecule has 0 bridgehead atoms. The molecule has 0 spiro atoms. The van der Waals surface area contributed by atoms with Gasteiger partial charge < -0.3 is 9.84 Å². The summed E-state index contributed by atoms with van der Waals surface area (Å²) in [5.74, 6) is 0.848. The Labute approximate surface area is 114 Å². The standard InChI is InChI=1S/C15H13BrO2/c16-13-7-2-1-5-11(13)14(17)12-6-3-4-10-8-9-18-15(10)12/h1-7,14,17H,8-9H2. The molecule has 1 atom stereocenters. The molecule has 1 aliphatic rings. The zero-order chi connectivity index (χ0) is 12.5. The van der Waals surface area contributed by atoms with E-state index in [0.29, 0.717) is 6.61 Å². The summed E-state index contributed by atoms with van der Waals surface area (Å²) in [5, 5.41) is 10.5. The van der Waals surface area contributed by atoms with Gasteiger partial charge in [-0.3, -0.25) is 0 Å². The maximum atomic E-state index is 10.5. The van der Waals surface area contributed by atoms with Crippen LogP contribution in [0.15, 0.2) is 46.9 Å².